The lowest BCUT2D eigenvalue weighted by atomic mass is 9.99. The molecule has 4 nitrogen and oxygen atoms in total. The summed E-state index contributed by atoms with van der Waals surface area (Å²) < 4.78 is 27.3. The van der Waals surface area contributed by atoms with Gasteiger partial charge in [0.1, 0.15) is 11.6 Å². The molecule has 0 spiro atoms. The van der Waals surface area contributed by atoms with Crippen LogP contribution in [0.15, 0.2) is 65.9 Å². The van der Waals surface area contributed by atoms with Gasteiger partial charge >= 0.3 is 0 Å². The number of halogens is 2. The van der Waals surface area contributed by atoms with Crippen LogP contribution in [0.3, 0.4) is 0 Å². The monoisotopic (exact) mass is 374 g/mol. The summed E-state index contributed by atoms with van der Waals surface area (Å²) in [5.74, 6) is -1.13. The van der Waals surface area contributed by atoms with Crippen LogP contribution in [0.5, 0.6) is 0 Å². The molecule has 0 aliphatic carbocycles. The first kappa shape index (κ1) is 16.6. The van der Waals surface area contributed by atoms with Crippen molar-refractivity contribution in [1.29, 1.82) is 0 Å². The second-order valence-corrected chi connectivity index (χ2v) is 6.80. The maximum atomic E-state index is 14.1. The zero-order valence-corrected chi connectivity index (χ0v) is 14.9. The number of aromatic nitrogens is 1. The predicted molar refractivity (Wildman–Crippen MR) is 106 cm³/mol. The van der Waals surface area contributed by atoms with E-state index in [1.165, 1.54) is 12.1 Å². The Balaban J connectivity index is 1.56. The molecular formula is C22H16F2N4. The van der Waals surface area contributed by atoms with Crippen LogP contribution in [0.25, 0.3) is 11.3 Å². The lowest BCUT2D eigenvalue weighted by Gasteiger charge is -2.27. The molecular weight excluding hydrogens is 358 g/mol. The molecule has 0 amide bonds. The summed E-state index contributed by atoms with van der Waals surface area (Å²) >= 11 is 0. The minimum atomic E-state index is -0.577. The van der Waals surface area contributed by atoms with Crippen molar-refractivity contribution in [1.82, 2.24) is 9.88 Å². The van der Waals surface area contributed by atoms with E-state index in [-0.39, 0.29) is 0 Å². The molecule has 2 aromatic carbocycles. The molecule has 1 N–H and O–H groups in total. The number of anilines is 2. The fraction of sp³-hybridized carbons (Fsp3) is 0.0909. The van der Waals surface area contributed by atoms with Crippen LogP contribution in [0.1, 0.15) is 16.7 Å². The van der Waals surface area contributed by atoms with Gasteiger partial charge in [-0.2, -0.15) is 0 Å². The van der Waals surface area contributed by atoms with Crippen molar-refractivity contribution in [3.8, 4) is 0 Å². The van der Waals surface area contributed by atoms with Crippen LogP contribution >= 0.6 is 0 Å². The molecule has 138 valence electrons. The fourth-order valence-corrected chi connectivity index (χ4v) is 3.65. The van der Waals surface area contributed by atoms with Crippen LogP contribution in [-0.4, -0.2) is 22.8 Å². The molecule has 28 heavy (non-hydrogen) atoms. The number of hydrogen-bond donors (Lipinski definition) is 1. The first-order valence-electron chi connectivity index (χ1n) is 8.95. The molecule has 0 atom stereocenters. The number of benzene rings is 2. The Bertz CT molecular complexity index is 1140. The summed E-state index contributed by atoms with van der Waals surface area (Å²) in [7, 11) is 0. The predicted octanol–water partition coefficient (Wildman–Crippen LogP) is 4.83. The van der Waals surface area contributed by atoms with Crippen molar-refractivity contribution in [3.05, 3.63) is 89.2 Å². The van der Waals surface area contributed by atoms with Gasteiger partial charge in [0, 0.05) is 53.3 Å². The smallest absolute Gasteiger partial charge is 0.131 e. The molecule has 3 heterocycles. The summed E-state index contributed by atoms with van der Waals surface area (Å²) in [6.07, 6.45) is 5.28. The van der Waals surface area contributed by atoms with Gasteiger partial charge in [0.05, 0.1) is 23.9 Å². The number of nitrogens with zero attached hydrogens (tertiary/aromatic N) is 3. The Kier molecular flexibility index (Phi) is 3.90. The third kappa shape index (κ3) is 2.83. The zero-order chi connectivity index (χ0) is 19.1. The summed E-state index contributed by atoms with van der Waals surface area (Å²) in [5.41, 5.74) is 6.27. The molecule has 0 saturated heterocycles. The minimum Gasteiger partial charge on any atom is -0.354 e. The Morgan fingerprint density at radius 1 is 1.00 bits per heavy atom. The summed E-state index contributed by atoms with van der Waals surface area (Å²) in [4.78, 5) is 10.9. The number of hydrogen-bond acceptors (Lipinski definition) is 4. The van der Waals surface area contributed by atoms with Gasteiger partial charge in [-0.25, -0.2) is 13.8 Å². The van der Waals surface area contributed by atoms with E-state index >= 15 is 0 Å². The average Bonchev–Trinajstić information content (AvgIpc) is 2.84. The van der Waals surface area contributed by atoms with Gasteiger partial charge in [0.15, 0.2) is 0 Å². The molecule has 3 aromatic rings. The van der Waals surface area contributed by atoms with E-state index in [4.69, 9.17) is 4.99 Å². The summed E-state index contributed by atoms with van der Waals surface area (Å²) in [6, 6.07) is 13.6. The lowest BCUT2D eigenvalue weighted by Crippen LogP contribution is -2.27. The normalized spacial score (nSPS) is 14.7. The summed E-state index contributed by atoms with van der Waals surface area (Å²) in [5, 5.41) is 3.44. The third-order valence-corrected chi connectivity index (χ3v) is 4.98. The molecule has 0 radical (unpaired) electrons. The van der Waals surface area contributed by atoms with Crippen molar-refractivity contribution in [3.63, 3.8) is 0 Å². The van der Waals surface area contributed by atoms with Crippen molar-refractivity contribution in [2.24, 2.45) is 4.99 Å². The second kappa shape index (κ2) is 6.56. The molecule has 0 bridgehead atoms. The molecule has 0 saturated carbocycles. The SMILES string of the molecule is Fc1ccc(CN2C=NC3=C(C2)c2ccncc2Nc2ccccc23)c(F)c1. The second-order valence-electron chi connectivity index (χ2n) is 6.80. The third-order valence-electron chi connectivity index (χ3n) is 4.98. The highest BCUT2D eigenvalue weighted by molar-refractivity contribution is 6.03. The fourth-order valence-electron chi connectivity index (χ4n) is 3.65. The van der Waals surface area contributed by atoms with Gasteiger partial charge < -0.3 is 10.2 Å². The van der Waals surface area contributed by atoms with Gasteiger partial charge in [0.25, 0.3) is 0 Å². The number of nitrogens with one attached hydrogen (secondary N) is 1. The van der Waals surface area contributed by atoms with Crippen LogP contribution in [-0.2, 0) is 6.54 Å². The van der Waals surface area contributed by atoms with Crippen molar-refractivity contribution in [2.75, 3.05) is 11.9 Å². The average molecular weight is 374 g/mol. The Morgan fingerprint density at radius 3 is 2.79 bits per heavy atom. The Labute approximate surface area is 160 Å². The first-order valence-corrected chi connectivity index (χ1v) is 8.95. The van der Waals surface area contributed by atoms with Gasteiger partial charge in [-0.05, 0) is 18.2 Å². The van der Waals surface area contributed by atoms with Gasteiger partial charge in [-0.15, -0.1) is 0 Å². The molecule has 2 aliphatic rings. The maximum absolute atomic E-state index is 14.1. The standard InChI is InChI=1S/C22H16F2N4/c23-15-6-5-14(19(24)9-15)11-28-12-18-16-7-8-25-10-21(16)27-20-4-2-1-3-17(20)22(18)26-13-28/h1-10,13,27H,11-12H2. The summed E-state index contributed by atoms with van der Waals surface area (Å²) in [6.45, 7) is 0.866. The van der Waals surface area contributed by atoms with E-state index in [9.17, 15) is 8.78 Å². The Hall–Kier alpha value is -3.54. The molecule has 0 unspecified atom stereocenters. The van der Waals surface area contributed by atoms with E-state index in [2.05, 4.69) is 10.3 Å². The van der Waals surface area contributed by atoms with Gasteiger partial charge in [0.2, 0.25) is 0 Å². The van der Waals surface area contributed by atoms with E-state index in [0.29, 0.717) is 18.7 Å². The number of fused-ring (bicyclic) bond motifs is 4. The van der Waals surface area contributed by atoms with E-state index in [1.54, 1.807) is 18.7 Å². The highest BCUT2D eigenvalue weighted by atomic mass is 19.1. The first-order chi connectivity index (χ1) is 13.7. The van der Waals surface area contributed by atoms with Crippen LogP contribution in [0.4, 0.5) is 20.2 Å². The van der Waals surface area contributed by atoms with Crippen molar-refractivity contribution < 1.29 is 8.78 Å². The van der Waals surface area contributed by atoms with E-state index in [0.717, 1.165) is 39.8 Å². The zero-order valence-electron chi connectivity index (χ0n) is 14.9. The molecule has 2 aliphatic heterocycles. The molecule has 6 heteroatoms. The number of para-hydroxylation sites is 1. The molecule has 5 rings (SSSR count). The van der Waals surface area contributed by atoms with Crippen molar-refractivity contribution >= 4 is 29.0 Å². The van der Waals surface area contributed by atoms with Crippen LogP contribution in [0.2, 0.25) is 0 Å². The van der Waals surface area contributed by atoms with E-state index in [1.807, 2.05) is 35.2 Å². The quantitative estimate of drug-likeness (QED) is 0.699. The number of pyridine rings is 1. The van der Waals surface area contributed by atoms with Gasteiger partial charge in [-0.3, -0.25) is 4.98 Å². The Morgan fingerprint density at radius 2 is 1.89 bits per heavy atom. The topological polar surface area (TPSA) is 40.5 Å². The molecule has 1 aromatic heterocycles. The van der Waals surface area contributed by atoms with Crippen LogP contribution in [0, 0.1) is 11.6 Å². The van der Waals surface area contributed by atoms with Crippen LogP contribution < -0.4 is 5.32 Å². The largest absolute Gasteiger partial charge is 0.354 e. The highest BCUT2D eigenvalue weighted by Gasteiger charge is 2.25. The lowest BCUT2D eigenvalue weighted by molar-refractivity contribution is 0.454. The van der Waals surface area contributed by atoms with Gasteiger partial charge in [-0.1, -0.05) is 24.3 Å². The number of aliphatic imine (C=N–C) groups is 1. The number of rotatable bonds is 2. The van der Waals surface area contributed by atoms with Crippen molar-refractivity contribution in [2.45, 2.75) is 6.54 Å². The maximum Gasteiger partial charge on any atom is 0.131 e. The molecule has 0 fully saturated rings. The van der Waals surface area contributed by atoms with E-state index < -0.39 is 11.6 Å². The highest BCUT2D eigenvalue weighted by Crippen LogP contribution is 2.41. The minimum absolute atomic E-state index is 0.307.